The summed E-state index contributed by atoms with van der Waals surface area (Å²) in [5.41, 5.74) is 2.99. The number of esters is 1. The molecule has 0 aliphatic carbocycles. The Kier molecular flexibility index (Phi) is 5.41. The fourth-order valence-corrected chi connectivity index (χ4v) is 2.46. The predicted molar refractivity (Wildman–Crippen MR) is 102 cm³/mol. The van der Waals surface area contributed by atoms with Crippen LogP contribution in [0.1, 0.15) is 26.4 Å². The molecule has 0 saturated heterocycles. The van der Waals surface area contributed by atoms with E-state index in [1.807, 2.05) is 31.2 Å². The first-order chi connectivity index (χ1) is 13.0. The third-order valence-electron chi connectivity index (χ3n) is 3.73. The van der Waals surface area contributed by atoms with Gasteiger partial charge in [-0.2, -0.15) is 0 Å². The zero-order valence-corrected chi connectivity index (χ0v) is 14.9. The number of methoxy groups -OCH3 is 1. The van der Waals surface area contributed by atoms with Crippen molar-refractivity contribution in [1.82, 2.24) is 9.97 Å². The first kappa shape index (κ1) is 18.1. The normalized spacial score (nSPS) is 10.1. The summed E-state index contributed by atoms with van der Waals surface area (Å²) in [5.74, 6) is -0.381. The van der Waals surface area contributed by atoms with Crippen molar-refractivity contribution in [1.29, 1.82) is 0 Å². The molecule has 2 aromatic carbocycles. The number of ether oxygens (including phenoxy) is 1. The lowest BCUT2D eigenvalue weighted by Crippen LogP contribution is -2.15. The maximum atomic E-state index is 12.5. The van der Waals surface area contributed by atoms with Gasteiger partial charge < -0.3 is 15.4 Å². The van der Waals surface area contributed by atoms with Gasteiger partial charge in [0.2, 0.25) is 0 Å². The summed E-state index contributed by atoms with van der Waals surface area (Å²) in [6.07, 6.45) is 1.32. The van der Waals surface area contributed by atoms with Crippen molar-refractivity contribution >= 4 is 29.1 Å². The van der Waals surface area contributed by atoms with Crippen LogP contribution >= 0.6 is 0 Å². The van der Waals surface area contributed by atoms with Crippen LogP contribution in [0, 0.1) is 6.92 Å². The first-order valence-corrected chi connectivity index (χ1v) is 8.20. The number of nitrogens with one attached hydrogen (secondary N) is 2. The summed E-state index contributed by atoms with van der Waals surface area (Å²) in [4.78, 5) is 32.2. The maximum absolute atomic E-state index is 12.5. The first-order valence-electron chi connectivity index (χ1n) is 8.20. The van der Waals surface area contributed by atoms with Crippen LogP contribution in [0.25, 0.3) is 0 Å². The minimum Gasteiger partial charge on any atom is -0.465 e. The zero-order valence-electron chi connectivity index (χ0n) is 14.9. The van der Waals surface area contributed by atoms with Gasteiger partial charge in [-0.25, -0.2) is 14.8 Å². The van der Waals surface area contributed by atoms with Gasteiger partial charge >= 0.3 is 5.97 Å². The van der Waals surface area contributed by atoms with Crippen LogP contribution in [-0.4, -0.2) is 29.0 Å². The second kappa shape index (κ2) is 8.09. The number of aromatic nitrogens is 2. The van der Waals surface area contributed by atoms with Crippen LogP contribution in [0.2, 0.25) is 0 Å². The Morgan fingerprint density at radius 1 is 0.963 bits per heavy atom. The summed E-state index contributed by atoms with van der Waals surface area (Å²) < 4.78 is 4.68. The molecule has 0 spiro atoms. The van der Waals surface area contributed by atoms with E-state index in [0.29, 0.717) is 17.1 Å². The summed E-state index contributed by atoms with van der Waals surface area (Å²) in [7, 11) is 1.30. The molecule has 0 aliphatic rings. The monoisotopic (exact) mass is 362 g/mol. The molecule has 0 atom stereocenters. The average Bonchev–Trinajstić information content (AvgIpc) is 2.68. The summed E-state index contributed by atoms with van der Waals surface area (Å²) >= 11 is 0. The molecule has 0 radical (unpaired) electrons. The minimum atomic E-state index is -0.474. The van der Waals surface area contributed by atoms with E-state index in [-0.39, 0.29) is 5.69 Å². The number of amides is 1. The largest absolute Gasteiger partial charge is 0.465 e. The van der Waals surface area contributed by atoms with Gasteiger partial charge in [0.05, 0.1) is 12.7 Å². The van der Waals surface area contributed by atoms with Crippen molar-refractivity contribution < 1.29 is 14.3 Å². The van der Waals surface area contributed by atoms with Gasteiger partial charge in [0.1, 0.15) is 17.8 Å². The number of hydrogen-bond donors (Lipinski definition) is 2. The predicted octanol–water partition coefficient (Wildman–Crippen LogP) is 3.57. The number of rotatable bonds is 5. The molecule has 136 valence electrons. The average molecular weight is 362 g/mol. The van der Waals surface area contributed by atoms with Gasteiger partial charge in [-0.05, 0) is 42.8 Å². The number of carbonyl (C=O) groups is 2. The van der Waals surface area contributed by atoms with Crippen molar-refractivity contribution in [3.05, 3.63) is 77.7 Å². The fraction of sp³-hybridized carbons (Fsp3) is 0.100. The Morgan fingerprint density at radius 2 is 1.74 bits per heavy atom. The number of anilines is 3. The van der Waals surface area contributed by atoms with Crippen LogP contribution in [-0.2, 0) is 4.74 Å². The van der Waals surface area contributed by atoms with Gasteiger partial charge in [-0.15, -0.1) is 0 Å². The summed E-state index contributed by atoms with van der Waals surface area (Å²) in [5, 5.41) is 5.86. The molecule has 7 heteroatoms. The second-order valence-corrected chi connectivity index (χ2v) is 5.81. The molecule has 0 saturated carbocycles. The second-order valence-electron chi connectivity index (χ2n) is 5.81. The third kappa shape index (κ3) is 4.66. The number of benzene rings is 2. The smallest absolute Gasteiger partial charge is 0.337 e. The van der Waals surface area contributed by atoms with E-state index in [1.54, 1.807) is 24.3 Å². The molecule has 0 fully saturated rings. The highest BCUT2D eigenvalue weighted by Gasteiger charge is 2.11. The molecule has 0 aliphatic heterocycles. The Labute approximate surface area is 156 Å². The van der Waals surface area contributed by atoms with Crippen LogP contribution < -0.4 is 10.6 Å². The Morgan fingerprint density at radius 3 is 2.52 bits per heavy atom. The molecule has 3 rings (SSSR count). The standard InChI is InChI=1S/C20H18N4O3/c1-13-5-3-7-15(9-13)23-18-11-17(21-12-22-18)19(25)24-16-8-4-6-14(10-16)20(26)27-2/h3-12H,1-2H3,(H,24,25)(H,21,22,23). The van der Waals surface area contributed by atoms with Crippen LogP contribution in [0.5, 0.6) is 0 Å². The molecule has 1 heterocycles. The van der Waals surface area contributed by atoms with E-state index in [2.05, 4.69) is 25.3 Å². The highest BCUT2D eigenvalue weighted by atomic mass is 16.5. The highest BCUT2D eigenvalue weighted by Crippen LogP contribution is 2.17. The number of hydrogen-bond acceptors (Lipinski definition) is 6. The van der Waals surface area contributed by atoms with E-state index in [0.717, 1.165) is 11.3 Å². The number of aryl methyl sites for hydroxylation is 1. The summed E-state index contributed by atoms with van der Waals surface area (Å²) in [6.45, 7) is 1.99. The minimum absolute atomic E-state index is 0.198. The zero-order chi connectivity index (χ0) is 19.2. The van der Waals surface area contributed by atoms with Crippen molar-refractivity contribution in [2.75, 3.05) is 17.7 Å². The molecule has 1 aromatic heterocycles. The summed E-state index contributed by atoms with van der Waals surface area (Å²) in [6, 6.07) is 15.8. The van der Waals surface area contributed by atoms with Gasteiger partial charge in [-0.3, -0.25) is 4.79 Å². The molecular formula is C20H18N4O3. The number of nitrogens with zero attached hydrogens (tertiary/aromatic N) is 2. The molecule has 3 aromatic rings. The molecule has 7 nitrogen and oxygen atoms in total. The van der Waals surface area contributed by atoms with E-state index < -0.39 is 11.9 Å². The highest BCUT2D eigenvalue weighted by molar-refractivity contribution is 6.04. The Balaban J connectivity index is 1.75. The molecule has 0 bridgehead atoms. The van der Waals surface area contributed by atoms with Gasteiger partial charge in [0.15, 0.2) is 0 Å². The molecular weight excluding hydrogens is 344 g/mol. The fourth-order valence-electron chi connectivity index (χ4n) is 2.46. The lowest BCUT2D eigenvalue weighted by molar-refractivity contribution is 0.0600. The lowest BCUT2D eigenvalue weighted by atomic mass is 10.2. The van der Waals surface area contributed by atoms with Crippen molar-refractivity contribution in [3.63, 3.8) is 0 Å². The van der Waals surface area contributed by atoms with Crippen molar-refractivity contribution in [3.8, 4) is 0 Å². The SMILES string of the molecule is COC(=O)c1cccc(NC(=O)c2cc(Nc3cccc(C)c3)ncn2)c1. The molecule has 1 amide bonds. The van der Waals surface area contributed by atoms with Crippen LogP contribution in [0.3, 0.4) is 0 Å². The lowest BCUT2D eigenvalue weighted by Gasteiger charge is -2.09. The Hall–Kier alpha value is -3.74. The Bertz CT molecular complexity index is 988. The van der Waals surface area contributed by atoms with Gasteiger partial charge in [0.25, 0.3) is 5.91 Å². The molecule has 0 unspecified atom stereocenters. The maximum Gasteiger partial charge on any atom is 0.337 e. The van der Waals surface area contributed by atoms with Crippen LogP contribution in [0.15, 0.2) is 60.9 Å². The van der Waals surface area contributed by atoms with Crippen molar-refractivity contribution in [2.24, 2.45) is 0 Å². The molecule has 2 N–H and O–H groups in total. The van der Waals surface area contributed by atoms with Crippen LogP contribution in [0.4, 0.5) is 17.2 Å². The van der Waals surface area contributed by atoms with E-state index in [9.17, 15) is 9.59 Å². The quantitative estimate of drug-likeness (QED) is 0.674. The number of carbonyl (C=O) groups excluding carboxylic acids is 2. The topological polar surface area (TPSA) is 93.2 Å². The van der Waals surface area contributed by atoms with Gasteiger partial charge in [0, 0.05) is 17.4 Å². The third-order valence-corrected chi connectivity index (χ3v) is 3.73. The van der Waals surface area contributed by atoms with E-state index in [1.165, 1.54) is 19.5 Å². The molecule has 27 heavy (non-hydrogen) atoms. The van der Waals surface area contributed by atoms with Gasteiger partial charge in [-0.1, -0.05) is 18.2 Å². The van der Waals surface area contributed by atoms with E-state index in [4.69, 9.17) is 0 Å². The van der Waals surface area contributed by atoms with Crippen molar-refractivity contribution in [2.45, 2.75) is 6.92 Å². The van der Waals surface area contributed by atoms with E-state index >= 15 is 0 Å².